The molecule has 1 aromatic carbocycles. The fourth-order valence-corrected chi connectivity index (χ4v) is 2.51. The van der Waals surface area contributed by atoms with Crippen molar-refractivity contribution in [2.45, 2.75) is 32.2 Å². The predicted molar refractivity (Wildman–Crippen MR) is 76.8 cm³/mol. The number of nitrogens with zero attached hydrogens (tertiary/aromatic N) is 3. The molecule has 21 heavy (non-hydrogen) atoms. The molecule has 0 aliphatic carbocycles. The molecular weight excluding hydrogens is 274 g/mol. The molecule has 0 saturated heterocycles. The molecule has 7 nitrogen and oxygen atoms in total. The van der Waals surface area contributed by atoms with Gasteiger partial charge < -0.3 is 14.6 Å². The largest absolute Gasteiger partial charge is 0.493 e. The Balaban J connectivity index is 2.73. The van der Waals surface area contributed by atoms with E-state index >= 15 is 0 Å². The number of fused-ring (bicyclic) bond motifs is 1. The molecular formula is C14H19N3O4. The first-order valence-electron chi connectivity index (χ1n) is 6.75. The van der Waals surface area contributed by atoms with Crippen molar-refractivity contribution in [3.63, 3.8) is 0 Å². The van der Waals surface area contributed by atoms with Crippen molar-refractivity contribution in [2.75, 3.05) is 14.2 Å². The Labute approximate surface area is 122 Å². The summed E-state index contributed by atoms with van der Waals surface area (Å²) in [6.45, 7) is 3.65. The lowest BCUT2D eigenvalue weighted by Gasteiger charge is -2.27. The molecule has 1 N–H and O–H groups in total. The highest BCUT2D eigenvalue weighted by molar-refractivity contribution is 5.83. The first kappa shape index (κ1) is 15.1. The van der Waals surface area contributed by atoms with Gasteiger partial charge in [-0.05, 0) is 12.8 Å². The zero-order valence-electron chi connectivity index (χ0n) is 12.6. The van der Waals surface area contributed by atoms with Gasteiger partial charge in [-0.1, -0.05) is 19.1 Å². The highest BCUT2D eigenvalue weighted by Gasteiger charge is 2.39. The second kappa shape index (κ2) is 5.59. The van der Waals surface area contributed by atoms with E-state index in [1.165, 1.54) is 18.9 Å². The van der Waals surface area contributed by atoms with Gasteiger partial charge in [0.15, 0.2) is 17.0 Å². The van der Waals surface area contributed by atoms with Crippen molar-refractivity contribution in [1.29, 1.82) is 0 Å². The van der Waals surface area contributed by atoms with Gasteiger partial charge >= 0.3 is 5.97 Å². The van der Waals surface area contributed by atoms with Gasteiger partial charge in [0.25, 0.3) is 0 Å². The van der Waals surface area contributed by atoms with E-state index in [0.717, 1.165) is 0 Å². The number of carboxylic acids is 1. The lowest BCUT2D eigenvalue weighted by Crippen LogP contribution is -2.41. The lowest BCUT2D eigenvalue weighted by atomic mass is 9.93. The summed E-state index contributed by atoms with van der Waals surface area (Å²) >= 11 is 0. The highest BCUT2D eigenvalue weighted by Crippen LogP contribution is 2.34. The van der Waals surface area contributed by atoms with E-state index in [4.69, 9.17) is 9.47 Å². The van der Waals surface area contributed by atoms with Gasteiger partial charge in [-0.3, -0.25) is 0 Å². The quantitative estimate of drug-likeness (QED) is 0.877. The van der Waals surface area contributed by atoms with Gasteiger partial charge in [0.2, 0.25) is 0 Å². The number of hydrogen-bond acceptors (Lipinski definition) is 5. The van der Waals surface area contributed by atoms with Crippen LogP contribution in [0.1, 0.15) is 26.7 Å². The number of hydrogen-bond donors (Lipinski definition) is 1. The van der Waals surface area contributed by atoms with Gasteiger partial charge in [-0.15, -0.1) is 5.10 Å². The Kier molecular flexibility index (Phi) is 4.02. The van der Waals surface area contributed by atoms with Crippen LogP contribution in [0.3, 0.4) is 0 Å². The molecule has 1 heterocycles. The average Bonchev–Trinajstić information content (AvgIpc) is 2.90. The van der Waals surface area contributed by atoms with Gasteiger partial charge in [-0.25, -0.2) is 9.48 Å². The molecule has 0 aliphatic rings. The summed E-state index contributed by atoms with van der Waals surface area (Å²) in [5.41, 5.74) is 0.0628. The average molecular weight is 293 g/mol. The first-order valence-corrected chi connectivity index (χ1v) is 6.75. The zero-order valence-corrected chi connectivity index (χ0v) is 12.6. The molecule has 7 heteroatoms. The maximum Gasteiger partial charge on any atom is 0.331 e. The minimum absolute atomic E-state index is 0.408. The third-order valence-electron chi connectivity index (χ3n) is 3.92. The number of rotatable bonds is 6. The monoisotopic (exact) mass is 293 g/mol. The SMILES string of the molecule is CCC(CC)(C(=O)O)n1nnc2cc(OC)c(OC)cc21. The molecule has 0 atom stereocenters. The van der Waals surface area contributed by atoms with E-state index in [1.54, 1.807) is 12.1 Å². The van der Waals surface area contributed by atoms with E-state index in [-0.39, 0.29) is 0 Å². The van der Waals surface area contributed by atoms with Crippen LogP contribution in [-0.2, 0) is 10.3 Å². The summed E-state index contributed by atoms with van der Waals surface area (Å²) in [6, 6.07) is 3.40. The van der Waals surface area contributed by atoms with Crippen LogP contribution >= 0.6 is 0 Å². The van der Waals surface area contributed by atoms with Crippen LogP contribution in [-0.4, -0.2) is 40.3 Å². The summed E-state index contributed by atoms with van der Waals surface area (Å²) in [7, 11) is 3.07. The Morgan fingerprint density at radius 1 is 1.24 bits per heavy atom. The number of benzene rings is 1. The van der Waals surface area contributed by atoms with E-state index in [1.807, 2.05) is 13.8 Å². The van der Waals surface area contributed by atoms with Crippen molar-refractivity contribution < 1.29 is 19.4 Å². The number of methoxy groups -OCH3 is 2. The number of aliphatic carboxylic acids is 1. The molecule has 2 rings (SSSR count). The molecule has 114 valence electrons. The Morgan fingerprint density at radius 2 is 1.81 bits per heavy atom. The molecule has 0 bridgehead atoms. The Morgan fingerprint density at radius 3 is 2.29 bits per heavy atom. The van der Waals surface area contributed by atoms with Crippen LogP contribution in [0, 0.1) is 0 Å². The minimum atomic E-state index is -1.12. The van der Waals surface area contributed by atoms with Crippen LogP contribution in [0.15, 0.2) is 12.1 Å². The zero-order chi connectivity index (χ0) is 15.6. The number of carbonyl (C=O) groups is 1. The van der Waals surface area contributed by atoms with Gasteiger partial charge in [0.1, 0.15) is 5.52 Å². The third kappa shape index (κ3) is 2.18. The van der Waals surface area contributed by atoms with E-state index in [9.17, 15) is 9.90 Å². The standard InChI is InChI=1S/C14H19N3O4/c1-5-14(6-2,13(18)19)17-10-8-12(21-4)11(20-3)7-9(10)15-16-17/h7-8H,5-6H2,1-4H3,(H,18,19). The third-order valence-corrected chi connectivity index (χ3v) is 3.92. The minimum Gasteiger partial charge on any atom is -0.493 e. The van der Waals surface area contributed by atoms with E-state index in [2.05, 4.69) is 10.3 Å². The van der Waals surface area contributed by atoms with E-state index < -0.39 is 11.5 Å². The maximum absolute atomic E-state index is 11.8. The number of ether oxygens (including phenoxy) is 2. The molecule has 0 radical (unpaired) electrons. The van der Waals surface area contributed by atoms with Crippen molar-refractivity contribution in [1.82, 2.24) is 15.0 Å². The van der Waals surface area contributed by atoms with Crippen molar-refractivity contribution in [3.05, 3.63) is 12.1 Å². The summed E-state index contributed by atoms with van der Waals surface area (Å²) in [5, 5.41) is 17.8. The van der Waals surface area contributed by atoms with Crippen LogP contribution in [0.4, 0.5) is 0 Å². The molecule has 0 unspecified atom stereocenters. The first-order chi connectivity index (χ1) is 10.0. The summed E-state index contributed by atoms with van der Waals surface area (Å²) < 4.78 is 12.0. The number of aromatic nitrogens is 3. The predicted octanol–water partition coefficient (Wildman–Crippen LogP) is 2.05. The highest BCUT2D eigenvalue weighted by atomic mass is 16.5. The molecule has 0 saturated carbocycles. The molecule has 0 spiro atoms. The van der Waals surface area contributed by atoms with Gasteiger partial charge in [0, 0.05) is 12.1 Å². The second-order valence-electron chi connectivity index (χ2n) is 4.74. The van der Waals surface area contributed by atoms with Gasteiger partial charge in [-0.2, -0.15) is 0 Å². The maximum atomic E-state index is 11.8. The van der Waals surface area contributed by atoms with Crippen LogP contribution in [0.2, 0.25) is 0 Å². The Hall–Kier alpha value is -2.31. The Bertz CT molecular complexity index is 662. The number of carboxylic acid groups (broad SMARTS) is 1. The fraction of sp³-hybridized carbons (Fsp3) is 0.500. The van der Waals surface area contributed by atoms with Crippen molar-refractivity contribution >= 4 is 17.0 Å². The summed E-state index contributed by atoms with van der Waals surface area (Å²) in [4.78, 5) is 11.8. The molecule has 2 aromatic rings. The van der Waals surface area contributed by atoms with Gasteiger partial charge in [0.05, 0.1) is 19.7 Å². The molecule has 0 amide bonds. The fourth-order valence-electron chi connectivity index (χ4n) is 2.51. The molecule has 0 aliphatic heterocycles. The van der Waals surface area contributed by atoms with Crippen LogP contribution in [0.25, 0.3) is 11.0 Å². The normalized spacial score (nSPS) is 11.6. The topological polar surface area (TPSA) is 86.5 Å². The van der Waals surface area contributed by atoms with E-state index in [0.29, 0.717) is 35.4 Å². The molecule has 1 aromatic heterocycles. The lowest BCUT2D eigenvalue weighted by molar-refractivity contribution is -0.148. The smallest absolute Gasteiger partial charge is 0.331 e. The summed E-state index contributed by atoms with van der Waals surface area (Å²) in [6.07, 6.45) is 0.817. The van der Waals surface area contributed by atoms with Crippen LogP contribution < -0.4 is 9.47 Å². The second-order valence-corrected chi connectivity index (χ2v) is 4.74. The van der Waals surface area contributed by atoms with Crippen molar-refractivity contribution in [3.8, 4) is 11.5 Å². The van der Waals surface area contributed by atoms with Crippen molar-refractivity contribution in [2.24, 2.45) is 0 Å². The van der Waals surface area contributed by atoms with Crippen LogP contribution in [0.5, 0.6) is 11.5 Å². The summed E-state index contributed by atoms with van der Waals surface area (Å²) in [5.74, 6) is 0.125. The molecule has 0 fully saturated rings.